The second-order valence-corrected chi connectivity index (χ2v) is 8.35. The lowest BCUT2D eigenvalue weighted by molar-refractivity contribution is 0.0948. The van der Waals surface area contributed by atoms with Crippen LogP contribution in [-0.4, -0.2) is 34.4 Å². The van der Waals surface area contributed by atoms with Gasteiger partial charge < -0.3 is 14.5 Å². The van der Waals surface area contributed by atoms with Crippen molar-refractivity contribution in [3.63, 3.8) is 0 Å². The van der Waals surface area contributed by atoms with Gasteiger partial charge in [0, 0.05) is 50.6 Å². The van der Waals surface area contributed by atoms with Gasteiger partial charge in [0.2, 0.25) is 0 Å². The van der Waals surface area contributed by atoms with Crippen LogP contribution in [0.5, 0.6) is 0 Å². The molecule has 0 aromatic carbocycles. The molecule has 10 nitrogen and oxygen atoms in total. The summed E-state index contributed by atoms with van der Waals surface area (Å²) >= 11 is 0. The average Bonchev–Trinajstić information content (AvgIpc) is 3.39. The zero-order valence-corrected chi connectivity index (χ0v) is 19.2. The van der Waals surface area contributed by atoms with Gasteiger partial charge in [-0.05, 0) is 42.7 Å². The minimum atomic E-state index is -0.433. The van der Waals surface area contributed by atoms with Crippen LogP contribution < -0.4 is 16.4 Å². The molecule has 2 N–H and O–H groups in total. The summed E-state index contributed by atoms with van der Waals surface area (Å²) in [5, 5.41) is 12.0. The minimum Gasteiger partial charge on any atom is -0.348 e. The molecule has 0 radical (unpaired) electrons. The number of rotatable bonds is 7. The molecule has 5 aromatic rings. The summed E-state index contributed by atoms with van der Waals surface area (Å²) in [5.74, 6) is -0.433. The lowest BCUT2D eigenvalue weighted by atomic mass is 10.1. The number of hydrogen-bond donors (Lipinski definition) is 2. The summed E-state index contributed by atoms with van der Waals surface area (Å²) in [7, 11) is 0. The van der Waals surface area contributed by atoms with Gasteiger partial charge in [-0.1, -0.05) is 12.1 Å². The summed E-state index contributed by atoms with van der Waals surface area (Å²) in [6.45, 7) is 3.25. The maximum atomic E-state index is 13.4. The van der Waals surface area contributed by atoms with E-state index in [1.54, 1.807) is 47.8 Å². The Labute approximate surface area is 200 Å². The predicted molar refractivity (Wildman–Crippen MR) is 130 cm³/mol. The molecule has 0 aliphatic rings. The molecule has 0 atom stereocenters. The molecule has 0 spiro atoms. The zero-order chi connectivity index (χ0) is 24.4. The molecular weight excluding hydrogens is 444 g/mol. The number of hydrogen-bond acceptors (Lipinski definition) is 6. The van der Waals surface area contributed by atoms with Crippen LogP contribution in [0.2, 0.25) is 0 Å². The summed E-state index contributed by atoms with van der Waals surface area (Å²) in [6, 6.07) is 8.80. The Hall–Kier alpha value is -4.60. The summed E-state index contributed by atoms with van der Waals surface area (Å²) in [4.78, 5) is 39.3. The van der Waals surface area contributed by atoms with E-state index in [9.17, 15) is 9.59 Å². The predicted octanol–water partition coefficient (Wildman–Crippen LogP) is 2.05. The molecule has 10 heteroatoms. The molecule has 0 fully saturated rings. The van der Waals surface area contributed by atoms with Crippen molar-refractivity contribution in [1.29, 1.82) is 5.41 Å². The van der Waals surface area contributed by atoms with Crippen LogP contribution in [0.15, 0.2) is 72.4 Å². The number of aromatic nitrogens is 6. The van der Waals surface area contributed by atoms with Crippen molar-refractivity contribution < 1.29 is 4.79 Å². The van der Waals surface area contributed by atoms with E-state index in [2.05, 4.69) is 15.3 Å². The van der Waals surface area contributed by atoms with Crippen molar-refractivity contribution in [1.82, 2.24) is 33.8 Å². The number of nitrogens with zero attached hydrogens (tertiary/aromatic N) is 6. The van der Waals surface area contributed by atoms with Gasteiger partial charge in [0.15, 0.2) is 0 Å². The van der Waals surface area contributed by atoms with Crippen LogP contribution in [0.1, 0.15) is 27.9 Å². The largest absolute Gasteiger partial charge is 0.348 e. The molecule has 0 bridgehead atoms. The highest BCUT2D eigenvalue weighted by Crippen LogP contribution is 2.12. The molecule has 35 heavy (non-hydrogen) atoms. The fourth-order valence-electron chi connectivity index (χ4n) is 4.04. The summed E-state index contributed by atoms with van der Waals surface area (Å²) in [5.41, 5.74) is 2.48. The van der Waals surface area contributed by atoms with Gasteiger partial charge in [0.05, 0.1) is 17.3 Å². The number of fused-ring (bicyclic) bond motifs is 2. The van der Waals surface area contributed by atoms with Crippen molar-refractivity contribution >= 4 is 22.6 Å². The van der Waals surface area contributed by atoms with E-state index in [1.165, 1.54) is 10.5 Å². The van der Waals surface area contributed by atoms with Crippen molar-refractivity contribution in [2.45, 2.75) is 33.0 Å². The number of carbonyl (C=O) groups excluding carboxylic acids is 1. The molecule has 5 rings (SSSR count). The number of carbonyl (C=O) groups is 1. The van der Waals surface area contributed by atoms with Gasteiger partial charge in [0.1, 0.15) is 16.8 Å². The van der Waals surface area contributed by atoms with Crippen molar-refractivity contribution in [2.24, 2.45) is 0 Å². The highest BCUT2D eigenvalue weighted by Gasteiger charge is 2.17. The third kappa shape index (κ3) is 4.45. The van der Waals surface area contributed by atoms with Crippen LogP contribution in [0, 0.1) is 12.3 Å². The first kappa shape index (κ1) is 22.2. The first-order valence-corrected chi connectivity index (χ1v) is 11.3. The fourth-order valence-corrected chi connectivity index (χ4v) is 4.04. The van der Waals surface area contributed by atoms with Crippen LogP contribution in [0.25, 0.3) is 16.7 Å². The Morgan fingerprint density at radius 2 is 2.03 bits per heavy atom. The van der Waals surface area contributed by atoms with E-state index >= 15 is 0 Å². The van der Waals surface area contributed by atoms with Gasteiger partial charge >= 0.3 is 0 Å². The average molecular weight is 469 g/mol. The maximum Gasteiger partial charge on any atom is 0.267 e. The van der Waals surface area contributed by atoms with Gasteiger partial charge in [-0.15, -0.1) is 0 Å². The molecule has 0 aliphatic carbocycles. The molecule has 176 valence electrons. The number of aryl methyl sites for hydroxylation is 3. The van der Waals surface area contributed by atoms with Crippen LogP contribution >= 0.6 is 0 Å². The molecular formula is C25H24N8O2. The molecule has 1 amide bonds. The van der Waals surface area contributed by atoms with E-state index in [0.29, 0.717) is 36.2 Å². The quantitative estimate of drug-likeness (QED) is 0.354. The Morgan fingerprint density at radius 3 is 2.80 bits per heavy atom. The van der Waals surface area contributed by atoms with Gasteiger partial charge in [0.25, 0.3) is 11.5 Å². The van der Waals surface area contributed by atoms with Crippen molar-refractivity contribution in [3.05, 3.63) is 100 Å². The first-order chi connectivity index (χ1) is 17.0. The van der Waals surface area contributed by atoms with Gasteiger partial charge in [-0.2, -0.15) is 0 Å². The SMILES string of the molecule is Cc1ccc2nc3c(cc(C(=O)NCc4cccnc4)c(=N)n3CCCn3ccnc3)c(=O)n2c1. The highest BCUT2D eigenvalue weighted by molar-refractivity contribution is 5.96. The number of amides is 1. The van der Waals surface area contributed by atoms with Gasteiger partial charge in [-0.3, -0.25) is 24.4 Å². The van der Waals surface area contributed by atoms with Crippen LogP contribution in [0.3, 0.4) is 0 Å². The lowest BCUT2D eigenvalue weighted by Crippen LogP contribution is -2.35. The Balaban J connectivity index is 1.59. The molecule has 0 unspecified atom stereocenters. The molecule has 5 heterocycles. The van der Waals surface area contributed by atoms with E-state index in [4.69, 9.17) is 10.4 Å². The first-order valence-electron chi connectivity index (χ1n) is 11.3. The molecule has 0 saturated heterocycles. The van der Waals surface area contributed by atoms with Crippen LogP contribution in [0.4, 0.5) is 0 Å². The third-order valence-electron chi connectivity index (χ3n) is 5.83. The Kier molecular flexibility index (Phi) is 5.92. The van der Waals surface area contributed by atoms with E-state index in [-0.39, 0.29) is 23.2 Å². The molecule has 0 aliphatic heterocycles. The fraction of sp³-hybridized carbons (Fsp3) is 0.200. The summed E-state index contributed by atoms with van der Waals surface area (Å²) < 4.78 is 5.07. The third-order valence-corrected chi connectivity index (χ3v) is 5.83. The van der Waals surface area contributed by atoms with Crippen molar-refractivity contribution in [2.75, 3.05) is 0 Å². The number of pyridine rings is 3. The standard InChI is InChI=1S/C25H24N8O2/c1-17-5-6-21-30-23-20(25(35)33(21)15-17)12-19(24(34)29-14-18-4-2-7-27-13-18)22(26)32(23)10-3-9-31-11-8-28-16-31/h2,4-8,11-13,15-16,26H,3,9-10,14H2,1H3,(H,29,34). The topological polar surface area (TPSA) is 123 Å². The second-order valence-electron chi connectivity index (χ2n) is 8.35. The molecule has 0 saturated carbocycles. The monoisotopic (exact) mass is 468 g/mol. The van der Waals surface area contributed by atoms with E-state index in [0.717, 1.165) is 11.1 Å². The second kappa shape index (κ2) is 9.34. The van der Waals surface area contributed by atoms with Crippen LogP contribution in [-0.2, 0) is 19.6 Å². The van der Waals surface area contributed by atoms with E-state index in [1.807, 2.05) is 29.8 Å². The smallest absolute Gasteiger partial charge is 0.267 e. The van der Waals surface area contributed by atoms with E-state index < -0.39 is 5.91 Å². The Bertz CT molecular complexity index is 1640. The minimum absolute atomic E-state index is 0.00943. The number of imidazole rings is 1. The normalized spacial score (nSPS) is 11.2. The Morgan fingerprint density at radius 1 is 1.14 bits per heavy atom. The number of nitrogens with one attached hydrogen (secondary N) is 2. The zero-order valence-electron chi connectivity index (χ0n) is 19.2. The van der Waals surface area contributed by atoms with Crippen molar-refractivity contribution in [3.8, 4) is 0 Å². The molecule has 5 aromatic heterocycles. The van der Waals surface area contributed by atoms with Gasteiger partial charge in [-0.25, -0.2) is 9.97 Å². The highest BCUT2D eigenvalue weighted by atomic mass is 16.1. The maximum absolute atomic E-state index is 13.4. The lowest BCUT2D eigenvalue weighted by Gasteiger charge is -2.15. The summed E-state index contributed by atoms with van der Waals surface area (Å²) in [6.07, 6.45) is 11.0.